The summed E-state index contributed by atoms with van der Waals surface area (Å²) in [4.78, 5) is 12.9. The molecule has 7 heteroatoms. The van der Waals surface area contributed by atoms with Crippen LogP contribution in [0, 0.1) is 5.82 Å². The molecule has 1 atom stereocenters. The maximum atomic E-state index is 14.2. The van der Waals surface area contributed by atoms with Crippen molar-refractivity contribution in [1.29, 1.82) is 0 Å². The predicted molar refractivity (Wildman–Crippen MR) is 100 cm³/mol. The largest absolute Gasteiger partial charge is 0.303 e. The van der Waals surface area contributed by atoms with Gasteiger partial charge in [0.1, 0.15) is 12.1 Å². The van der Waals surface area contributed by atoms with Gasteiger partial charge in [0, 0.05) is 25.8 Å². The lowest BCUT2D eigenvalue weighted by Crippen LogP contribution is -2.37. The van der Waals surface area contributed by atoms with E-state index in [-0.39, 0.29) is 11.7 Å². The second-order valence-corrected chi connectivity index (χ2v) is 7.42. The van der Waals surface area contributed by atoms with E-state index in [1.54, 1.807) is 12.1 Å². The number of halogens is 1. The van der Waals surface area contributed by atoms with Crippen molar-refractivity contribution in [3.05, 3.63) is 47.4 Å². The minimum Gasteiger partial charge on any atom is -0.303 e. The van der Waals surface area contributed by atoms with E-state index in [4.69, 9.17) is 0 Å². The number of hydrogen-bond acceptors (Lipinski definition) is 4. The fraction of sp³-hybridized carbons (Fsp3) is 0.421. The Morgan fingerprint density at radius 2 is 2.15 bits per heavy atom. The number of likely N-dealkylation sites (tertiary alicyclic amines) is 1. The van der Waals surface area contributed by atoms with E-state index in [9.17, 15) is 9.18 Å². The van der Waals surface area contributed by atoms with E-state index >= 15 is 0 Å². The third-order valence-corrected chi connectivity index (χ3v) is 5.17. The van der Waals surface area contributed by atoms with Crippen LogP contribution in [0.1, 0.15) is 42.9 Å². The average molecular weight is 368 g/mol. The maximum absolute atomic E-state index is 14.2. The summed E-state index contributed by atoms with van der Waals surface area (Å²) in [7, 11) is 0. The highest BCUT2D eigenvalue weighted by atomic mass is 27.0. The maximum Gasteiger partial charge on any atom is 0.215 e. The minimum atomic E-state index is -0.189. The van der Waals surface area contributed by atoms with Crippen LogP contribution >= 0.6 is 0 Å². The van der Waals surface area contributed by atoms with E-state index in [0.717, 1.165) is 48.9 Å². The standard InChI is InChI=1S/C19H22FN4O.Al/c1-15(18-13-16(3-2-12-25)4-5-19(18)20)14-23-9-6-17(7-10-23)24-11-8-21-22-24;/h2-5,11-13,15,17H,6-7,9-10,14H2,1H3;/b3-2-;. The van der Waals surface area contributed by atoms with Crippen molar-refractivity contribution >= 4 is 33.2 Å². The summed E-state index contributed by atoms with van der Waals surface area (Å²) in [5, 5.41) is 8.20. The third kappa shape index (κ3) is 4.67. The number of nitrogens with zero attached hydrogens (tertiary/aromatic N) is 4. The molecule has 2 heterocycles. The first-order valence-corrected chi connectivity index (χ1v) is 9.45. The summed E-state index contributed by atoms with van der Waals surface area (Å²) < 4.78 is 17.1. The van der Waals surface area contributed by atoms with E-state index < -0.39 is 0 Å². The highest BCUT2D eigenvalue weighted by Crippen LogP contribution is 2.26. The Bertz CT molecular complexity index is 784. The van der Waals surface area contributed by atoms with Gasteiger partial charge in [0.2, 0.25) is 16.3 Å². The lowest BCUT2D eigenvalue weighted by Gasteiger charge is -2.33. The highest BCUT2D eigenvalue weighted by Gasteiger charge is 2.23. The van der Waals surface area contributed by atoms with E-state index in [2.05, 4.69) is 38.4 Å². The monoisotopic (exact) mass is 368 g/mol. The summed E-state index contributed by atoms with van der Waals surface area (Å²) in [5.74, 6) is -0.104. The zero-order valence-corrected chi connectivity index (χ0v) is 16.0. The number of piperidine rings is 1. The van der Waals surface area contributed by atoms with Gasteiger partial charge < -0.3 is 4.90 Å². The Morgan fingerprint density at radius 1 is 1.38 bits per heavy atom. The number of carbonyl (C=O) groups excluding carboxylic acids is 1. The molecule has 1 fully saturated rings. The topological polar surface area (TPSA) is 51.0 Å². The second-order valence-electron chi connectivity index (χ2n) is 6.83. The molecule has 0 spiro atoms. The Balaban J connectivity index is 1.59. The summed E-state index contributed by atoms with van der Waals surface area (Å²) in [6.45, 7) is 4.80. The molecule has 0 amide bonds. The molecule has 26 heavy (non-hydrogen) atoms. The van der Waals surface area contributed by atoms with Gasteiger partial charge >= 0.3 is 0 Å². The first-order valence-electron chi connectivity index (χ1n) is 8.87. The van der Waals surface area contributed by atoms with Crippen molar-refractivity contribution < 1.29 is 9.18 Å². The number of allylic oxidation sites excluding steroid dienone is 1. The van der Waals surface area contributed by atoms with Gasteiger partial charge in [-0.25, -0.2) is 4.39 Å². The molecular formula is C19H22AlFN4O. The number of carbonyl (C=O) groups is 1. The summed E-state index contributed by atoms with van der Waals surface area (Å²) >= 11 is 2.57. The lowest BCUT2D eigenvalue weighted by atomic mass is 9.96. The fourth-order valence-corrected chi connectivity index (χ4v) is 3.72. The molecule has 0 saturated carbocycles. The van der Waals surface area contributed by atoms with Gasteiger partial charge in [0.05, 0.1) is 6.04 Å². The molecule has 2 radical (unpaired) electrons. The van der Waals surface area contributed by atoms with Gasteiger partial charge in [-0.3, -0.25) is 9.48 Å². The molecule has 1 aromatic carbocycles. The molecule has 1 unspecified atom stereocenters. The van der Waals surface area contributed by atoms with Crippen LogP contribution in [0.5, 0.6) is 0 Å². The molecule has 1 aliphatic heterocycles. The van der Waals surface area contributed by atoms with Gasteiger partial charge in [-0.15, -0.1) is 0 Å². The number of aromatic nitrogens is 3. The molecular weight excluding hydrogens is 346 g/mol. The Kier molecular flexibility index (Phi) is 6.36. The van der Waals surface area contributed by atoms with Crippen LogP contribution in [0.3, 0.4) is 0 Å². The van der Waals surface area contributed by atoms with Gasteiger partial charge in [0.25, 0.3) is 0 Å². The molecule has 2 aromatic rings. The molecule has 0 N–H and O–H groups in total. The van der Waals surface area contributed by atoms with Crippen LogP contribution < -0.4 is 4.56 Å². The number of hydrogen-bond donors (Lipinski definition) is 0. The Labute approximate surface area is 161 Å². The average Bonchev–Trinajstić information content (AvgIpc) is 3.08. The van der Waals surface area contributed by atoms with Crippen LogP contribution in [0.15, 0.2) is 30.5 Å². The van der Waals surface area contributed by atoms with Crippen LogP contribution in [0.2, 0.25) is 0 Å². The van der Waals surface area contributed by atoms with Crippen LogP contribution in [-0.4, -0.2) is 62.1 Å². The predicted octanol–water partition coefficient (Wildman–Crippen LogP) is 1.86. The smallest absolute Gasteiger partial charge is 0.215 e. The number of aldehydes is 1. The molecule has 5 nitrogen and oxygen atoms in total. The molecule has 134 valence electrons. The molecule has 1 aromatic heterocycles. The van der Waals surface area contributed by atoms with Crippen molar-refractivity contribution in [3.8, 4) is 0 Å². The van der Waals surface area contributed by atoms with Gasteiger partial charge in [0.15, 0.2) is 0 Å². The minimum absolute atomic E-state index is 0.0844. The Hall–Kier alpha value is -1.81. The lowest BCUT2D eigenvalue weighted by molar-refractivity contribution is -0.104. The highest BCUT2D eigenvalue weighted by molar-refractivity contribution is 6.30. The van der Waals surface area contributed by atoms with Gasteiger partial charge in [-0.1, -0.05) is 24.3 Å². The van der Waals surface area contributed by atoms with Crippen molar-refractivity contribution in [2.75, 3.05) is 19.6 Å². The van der Waals surface area contributed by atoms with Gasteiger partial charge in [-0.05, 0) is 52.7 Å². The quantitative estimate of drug-likeness (QED) is 0.444. The van der Waals surface area contributed by atoms with Crippen molar-refractivity contribution in [1.82, 2.24) is 19.9 Å². The Morgan fingerprint density at radius 3 is 2.81 bits per heavy atom. The summed E-state index contributed by atoms with van der Waals surface area (Å²) in [5.41, 5.74) is 1.54. The molecule has 1 saturated heterocycles. The first-order chi connectivity index (χ1) is 12.6. The summed E-state index contributed by atoms with van der Waals surface area (Å²) in [6.07, 6.45) is 7.85. The zero-order chi connectivity index (χ0) is 18.5. The third-order valence-electron chi connectivity index (χ3n) is 4.91. The van der Waals surface area contributed by atoms with Crippen LogP contribution in [-0.2, 0) is 4.79 Å². The second kappa shape index (κ2) is 8.72. The number of benzene rings is 1. The van der Waals surface area contributed by atoms with Crippen molar-refractivity contribution in [2.45, 2.75) is 31.7 Å². The van der Waals surface area contributed by atoms with E-state index in [1.165, 1.54) is 12.1 Å². The van der Waals surface area contributed by atoms with Crippen molar-refractivity contribution in [3.63, 3.8) is 0 Å². The molecule has 0 aliphatic carbocycles. The van der Waals surface area contributed by atoms with E-state index in [1.807, 2.05) is 16.9 Å². The van der Waals surface area contributed by atoms with Crippen molar-refractivity contribution in [2.24, 2.45) is 0 Å². The summed E-state index contributed by atoms with van der Waals surface area (Å²) in [6, 6.07) is 5.39. The molecule has 0 bridgehead atoms. The zero-order valence-electron chi connectivity index (χ0n) is 14.9. The van der Waals surface area contributed by atoms with Gasteiger partial charge in [-0.2, -0.15) is 5.10 Å². The first kappa shape index (κ1) is 19.0. The fourth-order valence-electron chi connectivity index (χ4n) is 3.51. The van der Waals surface area contributed by atoms with Crippen LogP contribution in [0.25, 0.3) is 6.08 Å². The molecule has 1 aliphatic rings. The number of rotatable bonds is 6. The molecule has 3 rings (SSSR count). The normalized spacial score (nSPS) is 17.6. The van der Waals surface area contributed by atoms with Crippen LogP contribution in [0.4, 0.5) is 4.39 Å². The SMILES string of the molecule is CC(CN1CCC(n2c[c]([Al])nn2)CC1)c1cc(/C=C\C=O)ccc1F. The van der Waals surface area contributed by atoms with E-state index in [0.29, 0.717) is 11.6 Å².